The van der Waals surface area contributed by atoms with Gasteiger partial charge in [-0.1, -0.05) is 23.7 Å². The summed E-state index contributed by atoms with van der Waals surface area (Å²) in [7, 11) is 0. The molecule has 1 aromatic carbocycles. The van der Waals surface area contributed by atoms with Crippen LogP contribution in [-0.4, -0.2) is 22.9 Å². The van der Waals surface area contributed by atoms with E-state index >= 15 is 0 Å². The van der Waals surface area contributed by atoms with E-state index in [4.69, 9.17) is 22.4 Å². The van der Waals surface area contributed by atoms with Crippen molar-refractivity contribution in [3.63, 3.8) is 0 Å². The second-order valence-corrected chi connectivity index (χ2v) is 4.56. The highest BCUT2D eigenvalue weighted by Crippen LogP contribution is 2.16. The first-order valence-corrected chi connectivity index (χ1v) is 5.93. The molecule has 0 saturated carbocycles. The molecule has 82 valence electrons. The van der Waals surface area contributed by atoms with E-state index < -0.39 is 12.0 Å². The minimum atomic E-state index is -0.964. The van der Waals surface area contributed by atoms with E-state index in [2.05, 4.69) is 0 Å². The Bertz CT molecular complexity index is 346. The van der Waals surface area contributed by atoms with Crippen molar-refractivity contribution in [2.24, 2.45) is 5.73 Å². The van der Waals surface area contributed by atoms with Crippen LogP contribution in [-0.2, 0) is 10.5 Å². The van der Waals surface area contributed by atoms with Gasteiger partial charge in [0.15, 0.2) is 0 Å². The summed E-state index contributed by atoms with van der Waals surface area (Å²) in [5, 5.41) is 9.25. The number of rotatable bonds is 5. The lowest BCUT2D eigenvalue weighted by Crippen LogP contribution is -2.32. The van der Waals surface area contributed by atoms with Crippen LogP contribution < -0.4 is 5.73 Å². The normalized spacial score (nSPS) is 12.4. The first-order chi connectivity index (χ1) is 7.09. The van der Waals surface area contributed by atoms with Crippen molar-refractivity contribution in [3.05, 3.63) is 34.9 Å². The lowest BCUT2D eigenvalue weighted by atomic mass is 10.2. The molecule has 0 bridgehead atoms. The molecule has 1 rings (SSSR count). The molecule has 0 fully saturated rings. The standard InChI is InChI=1S/C10H12ClNO2S/c11-8-3-1-2-7(4-8)5-15-6-9(12)10(13)14/h1-4,9H,5-6,12H2,(H,13,14). The molecule has 3 nitrogen and oxygen atoms in total. The van der Waals surface area contributed by atoms with Crippen LogP contribution in [0.15, 0.2) is 24.3 Å². The molecule has 0 aliphatic heterocycles. The predicted molar refractivity (Wildman–Crippen MR) is 63.2 cm³/mol. The molecule has 1 aromatic rings. The minimum Gasteiger partial charge on any atom is -0.480 e. The minimum absolute atomic E-state index is 0.405. The molecule has 1 atom stereocenters. The maximum Gasteiger partial charge on any atom is 0.321 e. The summed E-state index contributed by atoms with van der Waals surface area (Å²) < 4.78 is 0. The molecule has 3 N–H and O–H groups in total. The molecule has 0 aromatic heterocycles. The zero-order chi connectivity index (χ0) is 11.3. The van der Waals surface area contributed by atoms with E-state index in [1.54, 1.807) is 6.07 Å². The highest BCUT2D eigenvalue weighted by atomic mass is 35.5. The van der Waals surface area contributed by atoms with Gasteiger partial charge in [0.25, 0.3) is 0 Å². The molecular weight excluding hydrogens is 234 g/mol. The summed E-state index contributed by atoms with van der Waals surface area (Å²) >= 11 is 7.30. The summed E-state index contributed by atoms with van der Waals surface area (Å²) in [5.74, 6) is 0.164. The van der Waals surface area contributed by atoms with Gasteiger partial charge in [0.05, 0.1) is 0 Å². The topological polar surface area (TPSA) is 63.3 Å². The average Bonchev–Trinajstić information content (AvgIpc) is 2.17. The molecule has 0 radical (unpaired) electrons. The van der Waals surface area contributed by atoms with Gasteiger partial charge in [0.1, 0.15) is 6.04 Å². The Morgan fingerprint density at radius 2 is 2.33 bits per heavy atom. The van der Waals surface area contributed by atoms with E-state index in [9.17, 15) is 4.79 Å². The van der Waals surface area contributed by atoms with Crippen LogP contribution in [0.2, 0.25) is 5.02 Å². The van der Waals surface area contributed by atoms with Crippen LogP contribution in [0.25, 0.3) is 0 Å². The fourth-order valence-electron chi connectivity index (χ4n) is 1.00. The number of halogens is 1. The van der Waals surface area contributed by atoms with Crippen LogP contribution in [0, 0.1) is 0 Å². The van der Waals surface area contributed by atoms with Gasteiger partial charge in [-0.3, -0.25) is 4.79 Å². The highest BCUT2D eigenvalue weighted by Gasteiger charge is 2.10. The third-order valence-corrected chi connectivity index (χ3v) is 3.14. The number of hydrogen-bond acceptors (Lipinski definition) is 3. The average molecular weight is 246 g/mol. The molecule has 15 heavy (non-hydrogen) atoms. The Balaban J connectivity index is 2.35. The van der Waals surface area contributed by atoms with Crippen LogP contribution in [0.5, 0.6) is 0 Å². The van der Waals surface area contributed by atoms with E-state index in [0.29, 0.717) is 10.8 Å². The van der Waals surface area contributed by atoms with Gasteiger partial charge in [-0.05, 0) is 17.7 Å². The number of aliphatic carboxylic acids is 1. The van der Waals surface area contributed by atoms with Gasteiger partial charge >= 0.3 is 5.97 Å². The zero-order valence-corrected chi connectivity index (χ0v) is 9.59. The number of carbonyl (C=O) groups is 1. The molecule has 0 spiro atoms. The van der Waals surface area contributed by atoms with Crippen LogP contribution in [0.1, 0.15) is 5.56 Å². The van der Waals surface area contributed by atoms with Crippen molar-refractivity contribution >= 4 is 29.3 Å². The molecule has 5 heteroatoms. The van der Waals surface area contributed by atoms with E-state index in [-0.39, 0.29) is 0 Å². The van der Waals surface area contributed by atoms with Crippen molar-refractivity contribution < 1.29 is 9.90 Å². The number of hydrogen-bond donors (Lipinski definition) is 2. The summed E-state index contributed by atoms with van der Waals surface area (Å²) in [6.07, 6.45) is 0. The third-order valence-electron chi connectivity index (χ3n) is 1.77. The Hall–Kier alpha value is -0.710. The Morgan fingerprint density at radius 3 is 2.93 bits per heavy atom. The van der Waals surface area contributed by atoms with Gasteiger partial charge in [-0.15, -0.1) is 0 Å². The first kappa shape index (κ1) is 12.4. The summed E-state index contributed by atoms with van der Waals surface area (Å²) in [6.45, 7) is 0. The van der Waals surface area contributed by atoms with Crippen molar-refractivity contribution in [1.29, 1.82) is 0 Å². The molecule has 0 aliphatic carbocycles. The molecule has 0 amide bonds. The Kier molecular flexibility index (Phi) is 4.94. The second-order valence-electron chi connectivity index (χ2n) is 3.09. The molecule has 0 aliphatic rings. The number of benzene rings is 1. The van der Waals surface area contributed by atoms with Gasteiger partial charge in [-0.2, -0.15) is 11.8 Å². The summed E-state index contributed by atoms with van der Waals surface area (Å²) in [4.78, 5) is 10.4. The van der Waals surface area contributed by atoms with Crippen molar-refractivity contribution in [2.75, 3.05) is 5.75 Å². The van der Waals surface area contributed by atoms with Crippen LogP contribution in [0.3, 0.4) is 0 Å². The molecule has 0 saturated heterocycles. The zero-order valence-electron chi connectivity index (χ0n) is 8.02. The Morgan fingerprint density at radius 1 is 1.60 bits per heavy atom. The lowest BCUT2D eigenvalue weighted by Gasteiger charge is -2.05. The number of carboxylic acid groups (broad SMARTS) is 1. The fourth-order valence-corrected chi connectivity index (χ4v) is 2.14. The first-order valence-electron chi connectivity index (χ1n) is 4.40. The molecule has 0 heterocycles. The maximum atomic E-state index is 10.4. The maximum absolute atomic E-state index is 10.4. The van der Waals surface area contributed by atoms with Crippen LogP contribution in [0.4, 0.5) is 0 Å². The fraction of sp³-hybridized carbons (Fsp3) is 0.300. The van der Waals surface area contributed by atoms with Crippen molar-refractivity contribution in [1.82, 2.24) is 0 Å². The van der Waals surface area contributed by atoms with Gasteiger partial charge in [-0.25, -0.2) is 0 Å². The summed E-state index contributed by atoms with van der Waals surface area (Å²) in [5.41, 5.74) is 6.44. The van der Waals surface area contributed by atoms with Crippen molar-refractivity contribution in [3.8, 4) is 0 Å². The summed E-state index contributed by atoms with van der Waals surface area (Å²) in [6, 6.07) is 6.69. The number of carboxylic acids is 1. The smallest absolute Gasteiger partial charge is 0.321 e. The van der Waals surface area contributed by atoms with Gasteiger partial charge in [0, 0.05) is 16.5 Å². The van der Waals surface area contributed by atoms with Crippen molar-refractivity contribution in [2.45, 2.75) is 11.8 Å². The largest absolute Gasteiger partial charge is 0.480 e. The van der Waals surface area contributed by atoms with E-state index in [0.717, 1.165) is 11.3 Å². The van der Waals surface area contributed by atoms with E-state index in [1.807, 2.05) is 18.2 Å². The monoisotopic (exact) mass is 245 g/mol. The Labute approximate surface area is 97.6 Å². The third kappa shape index (κ3) is 4.55. The van der Waals surface area contributed by atoms with E-state index in [1.165, 1.54) is 11.8 Å². The quantitative estimate of drug-likeness (QED) is 0.833. The molecule has 1 unspecified atom stereocenters. The molecular formula is C10H12ClNO2S. The number of nitrogens with two attached hydrogens (primary N) is 1. The highest BCUT2D eigenvalue weighted by molar-refractivity contribution is 7.98. The van der Waals surface area contributed by atoms with Crippen LogP contribution >= 0.6 is 23.4 Å². The SMILES string of the molecule is NC(CSCc1cccc(Cl)c1)C(=O)O. The second kappa shape index (κ2) is 6.00. The number of thioether (sulfide) groups is 1. The van der Waals surface area contributed by atoms with Gasteiger partial charge in [0.2, 0.25) is 0 Å². The van der Waals surface area contributed by atoms with Gasteiger partial charge < -0.3 is 10.8 Å². The lowest BCUT2D eigenvalue weighted by molar-refractivity contribution is -0.137. The predicted octanol–water partition coefficient (Wildman–Crippen LogP) is 1.99.